The summed E-state index contributed by atoms with van der Waals surface area (Å²) in [4.78, 5) is 10.5. The van der Waals surface area contributed by atoms with Crippen molar-refractivity contribution >= 4 is 6.29 Å². The quantitative estimate of drug-likeness (QED) is 0.701. The highest BCUT2D eigenvalue weighted by Gasteiger charge is 2.12. The van der Waals surface area contributed by atoms with Gasteiger partial charge in [0.05, 0.1) is 11.7 Å². The van der Waals surface area contributed by atoms with E-state index in [0.29, 0.717) is 12.4 Å². The summed E-state index contributed by atoms with van der Waals surface area (Å²) in [5, 5.41) is 0. The summed E-state index contributed by atoms with van der Waals surface area (Å²) in [5.41, 5.74) is -0.250. The van der Waals surface area contributed by atoms with Crippen LogP contribution in [0.15, 0.2) is 12.1 Å². The zero-order chi connectivity index (χ0) is 10.7. The summed E-state index contributed by atoms with van der Waals surface area (Å²) in [6.07, 6.45) is 0.0712. The number of carbonyl (C=O) groups excluding carboxylic acids is 1. The maximum Gasteiger partial charge on any atom is 0.156 e. The molecule has 0 N–H and O–H groups in total. The molecule has 0 heterocycles. The minimum absolute atomic E-state index is 0.0625. The standard InChI is InChI=1S/C10H10F2O2/c1-6(2)14-10-4-7(11)3-9(12)8(10)5-13/h3-6H,1-2H3. The molecule has 0 radical (unpaired) electrons. The number of ether oxygens (including phenoxy) is 1. The van der Waals surface area contributed by atoms with Gasteiger partial charge >= 0.3 is 0 Å². The summed E-state index contributed by atoms with van der Waals surface area (Å²) in [5.74, 6) is -1.73. The molecule has 0 saturated carbocycles. The van der Waals surface area contributed by atoms with Gasteiger partial charge in [0.25, 0.3) is 0 Å². The molecule has 0 spiro atoms. The first-order chi connectivity index (χ1) is 6.54. The van der Waals surface area contributed by atoms with Crippen molar-refractivity contribution in [3.05, 3.63) is 29.3 Å². The summed E-state index contributed by atoms with van der Waals surface area (Å²) < 4.78 is 30.9. The van der Waals surface area contributed by atoms with Crippen LogP contribution in [0.3, 0.4) is 0 Å². The van der Waals surface area contributed by atoms with Crippen molar-refractivity contribution in [1.82, 2.24) is 0 Å². The molecular weight excluding hydrogens is 190 g/mol. The van der Waals surface area contributed by atoms with Gasteiger partial charge in [0, 0.05) is 12.1 Å². The van der Waals surface area contributed by atoms with Gasteiger partial charge in [-0.05, 0) is 13.8 Å². The molecule has 0 saturated heterocycles. The first-order valence-electron chi connectivity index (χ1n) is 4.15. The van der Waals surface area contributed by atoms with Crippen LogP contribution < -0.4 is 4.74 Å². The van der Waals surface area contributed by atoms with Crippen LogP contribution in [0.4, 0.5) is 8.78 Å². The smallest absolute Gasteiger partial charge is 0.156 e. The molecule has 4 heteroatoms. The second-order valence-electron chi connectivity index (χ2n) is 3.08. The lowest BCUT2D eigenvalue weighted by Gasteiger charge is -2.11. The van der Waals surface area contributed by atoms with Gasteiger partial charge in [-0.25, -0.2) is 8.78 Å². The Hall–Kier alpha value is -1.45. The van der Waals surface area contributed by atoms with E-state index in [9.17, 15) is 13.6 Å². The summed E-state index contributed by atoms with van der Waals surface area (Å²) >= 11 is 0. The fourth-order valence-electron chi connectivity index (χ4n) is 1.03. The van der Waals surface area contributed by atoms with Crippen LogP contribution in [-0.4, -0.2) is 12.4 Å². The molecule has 0 amide bonds. The zero-order valence-corrected chi connectivity index (χ0v) is 7.88. The molecule has 2 nitrogen and oxygen atoms in total. The van der Waals surface area contributed by atoms with Gasteiger partial charge in [0.2, 0.25) is 0 Å². The van der Waals surface area contributed by atoms with Crippen molar-refractivity contribution in [2.45, 2.75) is 20.0 Å². The average Bonchev–Trinajstić information content (AvgIpc) is 2.01. The Bertz CT molecular complexity index is 348. The average molecular weight is 200 g/mol. The van der Waals surface area contributed by atoms with Gasteiger partial charge in [0.1, 0.15) is 17.4 Å². The monoisotopic (exact) mass is 200 g/mol. The Kier molecular flexibility index (Phi) is 3.17. The number of aldehydes is 1. The highest BCUT2D eigenvalue weighted by Crippen LogP contribution is 2.22. The summed E-state index contributed by atoms with van der Waals surface area (Å²) in [7, 11) is 0. The minimum atomic E-state index is -0.907. The molecule has 0 aliphatic rings. The van der Waals surface area contributed by atoms with Crippen LogP contribution in [0.5, 0.6) is 5.75 Å². The molecule has 1 aromatic carbocycles. The fourth-order valence-corrected chi connectivity index (χ4v) is 1.03. The molecular formula is C10H10F2O2. The van der Waals surface area contributed by atoms with Crippen molar-refractivity contribution in [3.63, 3.8) is 0 Å². The molecule has 0 aliphatic carbocycles. The molecule has 1 aromatic rings. The molecule has 14 heavy (non-hydrogen) atoms. The second-order valence-corrected chi connectivity index (χ2v) is 3.08. The van der Waals surface area contributed by atoms with Crippen molar-refractivity contribution in [2.24, 2.45) is 0 Å². The summed E-state index contributed by atoms with van der Waals surface area (Å²) in [6.45, 7) is 3.41. The molecule has 76 valence electrons. The maximum atomic E-state index is 13.0. The Balaban J connectivity index is 3.17. The number of benzene rings is 1. The SMILES string of the molecule is CC(C)Oc1cc(F)cc(F)c1C=O. The van der Waals surface area contributed by atoms with Crippen molar-refractivity contribution in [2.75, 3.05) is 0 Å². The lowest BCUT2D eigenvalue weighted by atomic mass is 10.2. The van der Waals surface area contributed by atoms with E-state index in [2.05, 4.69) is 0 Å². The molecule has 0 unspecified atom stereocenters. The predicted molar refractivity (Wildman–Crippen MR) is 47.5 cm³/mol. The van der Waals surface area contributed by atoms with E-state index in [1.54, 1.807) is 13.8 Å². The molecule has 0 aliphatic heterocycles. The normalized spacial score (nSPS) is 10.4. The van der Waals surface area contributed by atoms with E-state index >= 15 is 0 Å². The topological polar surface area (TPSA) is 26.3 Å². The first-order valence-corrected chi connectivity index (χ1v) is 4.15. The van der Waals surface area contributed by atoms with E-state index in [-0.39, 0.29) is 17.4 Å². The third-order valence-electron chi connectivity index (χ3n) is 1.54. The lowest BCUT2D eigenvalue weighted by molar-refractivity contribution is 0.111. The summed E-state index contributed by atoms with van der Waals surface area (Å²) in [6, 6.07) is 1.64. The van der Waals surface area contributed by atoms with E-state index < -0.39 is 11.6 Å². The van der Waals surface area contributed by atoms with Gasteiger partial charge in [-0.2, -0.15) is 0 Å². The van der Waals surface area contributed by atoms with E-state index in [4.69, 9.17) is 4.74 Å². The number of hydrogen-bond donors (Lipinski definition) is 0. The Morgan fingerprint density at radius 3 is 2.50 bits per heavy atom. The van der Waals surface area contributed by atoms with Gasteiger partial charge in [-0.3, -0.25) is 4.79 Å². The minimum Gasteiger partial charge on any atom is -0.490 e. The number of halogens is 2. The second kappa shape index (κ2) is 4.17. The fraction of sp³-hybridized carbons (Fsp3) is 0.300. The molecule has 0 bridgehead atoms. The number of rotatable bonds is 3. The Labute approximate surface area is 80.5 Å². The zero-order valence-electron chi connectivity index (χ0n) is 7.88. The van der Waals surface area contributed by atoms with Crippen molar-refractivity contribution in [3.8, 4) is 5.75 Å². The lowest BCUT2D eigenvalue weighted by Crippen LogP contribution is -2.08. The van der Waals surface area contributed by atoms with Gasteiger partial charge in [0.15, 0.2) is 6.29 Å². The van der Waals surface area contributed by atoms with Crippen molar-refractivity contribution < 1.29 is 18.3 Å². The molecule has 0 atom stereocenters. The van der Waals surface area contributed by atoms with Gasteiger partial charge in [-0.1, -0.05) is 0 Å². The van der Waals surface area contributed by atoms with Crippen LogP contribution in [0.1, 0.15) is 24.2 Å². The van der Waals surface area contributed by atoms with E-state index in [1.165, 1.54) is 0 Å². The van der Waals surface area contributed by atoms with E-state index in [1.807, 2.05) is 0 Å². The Morgan fingerprint density at radius 1 is 1.36 bits per heavy atom. The first kappa shape index (κ1) is 10.6. The molecule has 0 fully saturated rings. The van der Waals surface area contributed by atoms with Crippen molar-refractivity contribution in [1.29, 1.82) is 0 Å². The molecule has 0 aromatic heterocycles. The van der Waals surface area contributed by atoms with Gasteiger partial charge < -0.3 is 4.74 Å². The number of carbonyl (C=O) groups is 1. The van der Waals surface area contributed by atoms with Gasteiger partial charge in [-0.15, -0.1) is 0 Å². The maximum absolute atomic E-state index is 13.0. The van der Waals surface area contributed by atoms with E-state index in [0.717, 1.165) is 6.07 Å². The highest BCUT2D eigenvalue weighted by atomic mass is 19.1. The number of hydrogen-bond acceptors (Lipinski definition) is 2. The van der Waals surface area contributed by atoms with Crippen LogP contribution in [0.2, 0.25) is 0 Å². The largest absolute Gasteiger partial charge is 0.490 e. The van der Waals surface area contributed by atoms with Crippen LogP contribution in [-0.2, 0) is 0 Å². The third-order valence-corrected chi connectivity index (χ3v) is 1.54. The highest BCUT2D eigenvalue weighted by molar-refractivity contribution is 5.79. The third kappa shape index (κ3) is 2.28. The Morgan fingerprint density at radius 2 is 2.00 bits per heavy atom. The predicted octanol–water partition coefficient (Wildman–Crippen LogP) is 2.56. The van der Waals surface area contributed by atoms with Crippen LogP contribution >= 0.6 is 0 Å². The molecule has 1 rings (SSSR count). The van der Waals surface area contributed by atoms with Crippen LogP contribution in [0, 0.1) is 11.6 Å². The van der Waals surface area contributed by atoms with Crippen LogP contribution in [0.25, 0.3) is 0 Å².